The Morgan fingerprint density at radius 2 is 1.92 bits per heavy atom. The summed E-state index contributed by atoms with van der Waals surface area (Å²) in [4.78, 5) is 11.3. The van der Waals surface area contributed by atoms with Gasteiger partial charge in [-0.05, 0) is 29.8 Å². The van der Waals surface area contributed by atoms with E-state index in [1.807, 2.05) is 41.9 Å². The van der Waals surface area contributed by atoms with E-state index >= 15 is 0 Å². The van der Waals surface area contributed by atoms with Crippen LogP contribution in [0.1, 0.15) is 15.9 Å². The minimum atomic E-state index is -0.416. The molecule has 0 atom stereocenters. The molecular formula is C17H15N5OS. The number of rotatable bonds is 4. The van der Waals surface area contributed by atoms with Crippen molar-refractivity contribution < 1.29 is 4.79 Å². The Bertz CT molecular complexity index is 1070. The molecule has 2 heterocycles. The maximum absolute atomic E-state index is 11.3. The average molecular weight is 337 g/mol. The Kier molecular flexibility index (Phi) is 3.50. The zero-order valence-corrected chi connectivity index (χ0v) is 13.8. The van der Waals surface area contributed by atoms with Gasteiger partial charge in [0.25, 0.3) is 0 Å². The van der Waals surface area contributed by atoms with Crippen LogP contribution in [0.25, 0.3) is 16.8 Å². The maximum Gasteiger partial charge on any atom is 0.248 e. The summed E-state index contributed by atoms with van der Waals surface area (Å²) in [5, 5.41) is 9.42. The minimum absolute atomic E-state index is 0.416. The van der Waals surface area contributed by atoms with Gasteiger partial charge in [0.1, 0.15) is 0 Å². The summed E-state index contributed by atoms with van der Waals surface area (Å²) in [7, 11) is 1.98. The van der Waals surface area contributed by atoms with E-state index in [1.165, 1.54) is 0 Å². The fourth-order valence-electron chi connectivity index (χ4n) is 2.79. The van der Waals surface area contributed by atoms with Crippen LogP contribution in [0.5, 0.6) is 0 Å². The van der Waals surface area contributed by atoms with Crippen molar-refractivity contribution in [2.75, 3.05) is 0 Å². The molecule has 0 aliphatic carbocycles. The molecule has 2 aromatic carbocycles. The molecule has 0 aliphatic heterocycles. The van der Waals surface area contributed by atoms with Gasteiger partial charge in [-0.2, -0.15) is 0 Å². The Hall–Kier alpha value is -2.80. The predicted octanol–water partition coefficient (Wildman–Crippen LogP) is 2.61. The number of amides is 1. The summed E-state index contributed by atoms with van der Waals surface area (Å²) < 4.78 is 4.08. The number of carbonyl (C=O) groups is 1. The number of nitrogens with zero attached hydrogens (tertiary/aromatic N) is 4. The van der Waals surface area contributed by atoms with E-state index in [-0.39, 0.29) is 0 Å². The van der Waals surface area contributed by atoms with Gasteiger partial charge >= 0.3 is 0 Å². The molecule has 120 valence electrons. The van der Waals surface area contributed by atoms with E-state index in [0.717, 1.165) is 27.5 Å². The van der Waals surface area contributed by atoms with Crippen LogP contribution in [-0.2, 0) is 12.8 Å². The summed E-state index contributed by atoms with van der Waals surface area (Å²) in [6.07, 6.45) is 0. The van der Waals surface area contributed by atoms with Crippen LogP contribution in [0.15, 0.2) is 53.7 Å². The summed E-state index contributed by atoms with van der Waals surface area (Å²) in [6, 6.07) is 15.5. The van der Waals surface area contributed by atoms with Crippen molar-refractivity contribution >= 4 is 34.5 Å². The van der Waals surface area contributed by atoms with E-state index in [9.17, 15) is 4.79 Å². The quantitative estimate of drug-likeness (QED) is 0.581. The van der Waals surface area contributed by atoms with Gasteiger partial charge in [-0.25, -0.2) is 0 Å². The van der Waals surface area contributed by atoms with Gasteiger partial charge in [0.15, 0.2) is 5.16 Å². The SMILES string of the molecule is Cn1c2ccccc2n2c(SCc3cccc(C(N)=O)c3)nnc12. The van der Waals surface area contributed by atoms with E-state index < -0.39 is 5.91 Å². The number of hydrogen-bond donors (Lipinski definition) is 1. The van der Waals surface area contributed by atoms with Crippen LogP contribution in [0.2, 0.25) is 0 Å². The standard InChI is InChI=1S/C17H15N5OS/c1-21-13-7-2-3-8-14(13)22-16(21)19-20-17(22)24-10-11-5-4-6-12(9-11)15(18)23/h2-9H,10H2,1H3,(H2,18,23). The van der Waals surface area contributed by atoms with Crippen LogP contribution in [0, 0.1) is 0 Å². The summed E-state index contributed by atoms with van der Waals surface area (Å²) >= 11 is 1.58. The molecule has 2 N–H and O–H groups in total. The van der Waals surface area contributed by atoms with Crippen molar-refractivity contribution in [3.8, 4) is 0 Å². The van der Waals surface area contributed by atoms with E-state index in [1.54, 1.807) is 17.8 Å². The second-order valence-corrected chi connectivity index (χ2v) is 6.46. The first-order valence-electron chi connectivity index (χ1n) is 7.45. The third kappa shape index (κ3) is 2.33. The summed E-state index contributed by atoms with van der Waals surface area (Å²) in [6.45, 7) is 0. The van der Waals surface area contributed by atoms with Crippen LogP contribution < -0.4 is 5.73 Å². The molecular weight excluding hydrogens is 322 g/mol. The minimum Gasteiger partial charge on any atom is -0.366 e. The second kappa shape index (κ2) is 5.68. The number of aromatic nitrogens is 4. The number of fused-ring (bicyclic) bond motifs is 3. The lowest BCUT2D eigenvalue weighted by atomic mass is 10.1. The van der Waals surface area contributed by atoms with Crippen molar-refractivity contribution in [1.29, 1.82) is 0 Å². The van der Waals surface area contributed by atoms with Crippen molar-refractivity contribution in [3.05, 3.63) is 59.7 Å². The van der Waals surface area contributed by atoms with Gasteiger partial charge in [0.2, 0.25) is 11.7 Å². The Morgan fingerprint density at radius 1 is 1.12 bits per heavy atom. The summed E-state index contributed by atoms with van der Waals surface area (Å²) in [5.74, 6) is 1.08. The van der Waals surface area contributed by atoms with Crippen LogP contribution >= 0.6 is 11.8 Å². The van der Waals surface area contributed by atoms with Gasteiger partial charge in [-0.1, -0.05) is 36.0 Å². The predicted molar refractivity (Wildman–Crippen MR) is 94.0 cm³/mol. The van der Waals surface area contributed by atoms with Gasteiger partial charge in [-0.15, -0.1) is 10.2 Å². The smallest absolute Gasteiger partial charge is 0.248 e. The Morgan fingerprint density at radius 3 is 2.71 bits per heavy atom. The molecule has 7 heteroatoms. The molecule has 0 spiro atoms. The normalized spacial score (nSPS) is 11.4. The van der Waals surface area contributed by atoms with Crippen LogP contribution in [0.4, 0.5) is 0 Å². The number of benzene rings is 2. The summed E-state index contributed by atoms with van der Waals surface area (Å²) in [5.41, 5.74) is 9.07. The highest BCUT2D eigenvalue weighted by Crippen LogP contribution is 2.27. The monoisotopic (exact) mass is 337 g/mol. The van der Waals surface area contributed by atoms with Gasteiger partial charge in [-0.3, -0.25) is 9.20 Å². The number of primary amides is 1. The lowest BCUT2D eigenvalue weighted by Gasteiger charge is -2.02. The zero-order chi connectivity index (χ0) is 16.7. The number of para-hydroxylation sites is 2. The number of thioether (sulfide) groups is 1. The molecule has 6 nitrogen and oxygen atoms in total. The number of imidazole rings is 1. The third-order valence-electron chi connectivity index (χ3n) is 3.98. The van der Waals surface area contributed by atoms with E-state index in [2.05, 4.69) is 26.7 Å². The highest BCUT2D eigenvalue weighted by Gasteiger charge is 2.15. The number of hydrogen-bond acceptors (Lipinski definition) is 4. The van der Waals surface area contributed by atoms with Gasteiger partial charge in [0, 0.05) is 18.4 Å². The van der Waals surface area contributed by atoms with Crippen molar-refractivity contribution in [1.82, 2.24) is 19.2 Å². The van der Waals surface area contributed by atoms with E-state index in [4.69, 9.17) is 5.73 Å². The van der Waals surface area contributed by atoms with Crippen molar-refractivity contribution in [2.24, 2.45) is 12.8 Å². The average Bonchev–Trinajstić information content (AvgIpc) is 3.14. The highest BCUT2D eigenvalue weighted by atomic mass is 32.2. The molecule has 1 amide bonds. The van der Waals surface area contributed by atoms with Crippen LogP contribution in [-0.4, -0.2) is 25.1 Å². The molecule has 0 saturated carbocycles. The Labute approximate surface area is 142 Å². The first-order valence-corrected chi connectivity index (χ1v) is 8.44. The second-order valence-electron chi connectivity index (χ2n) is 5.52. The van der Waals surface area contributed by atoms with Crippen LogP contribution in [0.3, 0.4) is 0 Å². The molecule has 2 aromatic heterocycles. The zero-order valence-electron chi connectivity index (χ0n) is 13.0. The number of aryl methyl sites for hydroxylation is 1. The molecule has 4 rings (SSSR count). The maximum atomic E-state index is 11.3. The van der Waals surface area contributed by atoms with Crippen molar-refractivity contribution in [2.45, 2.75) is 10.9 Å². The molecule has 0 fully saturated rings. The fraction of sp³-hybridized carbons (Fsp3) is 0.118. The molecule has 0 radical (unpaired) electrons. The first kappa shape index (κ1) is 14.8. The highest BCUT2D eigenvalue weighted by molar-refractivity contribution is 7.98. The third-order valence-corrected chi connectivity index (χ3v) is 4.98. The molecule has 0 unspecified atom stereocenters. The topological polar surface area (TPSA) is 78.2 Å². The number of carbonyl (C=O) groups excluding carboxylic acids is 1. The van der Waals surface area contributed by atoms with Gasteiger partial charge in [0.05, 0.1) is 11.0 Å². The molecule has 24 heavy (non-hydrogen) atoms. The van der Waals surface area contributed by atoms with Crippen molar-refractivity contribution in [3.63, 3.8) is 0 Å². The first-order chi connectivity index (χ1) is 11.6. The molecule has 0 bridgehead atoms. The fourth-order valence-corrected chi connectivity index (χ4v) is 3.67. The molecule has 4 aromatic rings. The molecule has 0 saturated heterocycles. The molecule has 0 aliphatic rings. The lowest BCUT2D eigenvalue weighted by molar-refractivity contribution is 0.1000. The van der Waals surface area contributed by atoms with Gasteiger partial charge < -0.3 is 10.3 Å². The Balaban J connectivity index is 1.69. The lowest BCUT2D eigenvalue weighted by Crippen LogP contribution is -2.10. The number of nitrogens with two attached hydrogens (primary N) is 1. The van der Waals surface area contributed by atoms with E-state index in [0.29, 0.717) is 11.3 Å². The largest absolute Gasteiger partial charge is 0.366 e.